The number of aromatic hydroxyl groups is 8. The molecule has 0 atom stereocenters. The smallest absolute Gasteiger partial charge is 0.352 e. The van der Waals surface area contributed by atoms with Gasteiger partial charge in [0, 0.05) is 70.2 Å². The van der Waals surface area contributed by atoms with Gasteiger partial charge in [0.2, 0.25) is 46.0 Å². The number of hydrogen-bond donors (Lipinski definition) is 8. The van der Waals surface area contributed by atoms with E-state index in [1.165, 1.54) is 0 Å². The Bertz CT molecular complexity index is 1740. The maximum atomic E-state index is 11.9. The van der Waals surface area contributed by atoms with E-state index in [-0.39, 0.29) is 0 Å². The molecule has 0 amide bonds. The van der Waals surface area contributed by atoms with Crippen molar-refractivity contribution >= 4 is 22.7 Å². The third-order valence-electron chi connectivity index (χ3n) is 7.88. The first-order chi connectivity index (χ1) is 22.4. The predicted molar refractivity (Wildman–Crippen MR) is 157 cm³/mol. The monoisotopic (exact) mass is 668 g/mol. The van der Waals surface area contributed by atoms with Crippen molar-refractivity contribution in [1.82, 2.24) is 0 Å². The van der Waals surface area contributed by atoms with Crippen molar-refractivity contribution in [2.45, 2.75) is 25.7 Å². The van der Waals surface area contributed by atoms with Crippen LogP contribution in [0.2, 0.25) is 0 Å². The van der Waals surface area contributed by atoms with Gasteiger partial charge in [-0.3, -0.25) is 40.5 Å². The Balaban J connectivity index is 1.94. The van der Waals surface area contributed by atoms with Gasteiger partial charge < -0.3 is 40.9 Å². The molecule has 0 fully saturated rings. The quantitative estimate of drug-likeness (QED) is 0.1000. The summed E-state index contributed by atoms with van der Waals surface area (Å²) in [7, 11) is 0. The lowest BCUT2D eigenvalue weighted by molar-refractivity contribution is -0.387. The average molecular weight is 668 g/mol. The normalized spacial score (nSPS) is 12.3. The van der Waals surface area contributed by atoms with E-state index in [0.717, 1.165) is 24.3 Å². The molecule has 0 saturated heterocycles. The number of phenols is 8. The van der Waals surface area contributed by atoms with Crippen LogP contribution in [0.4, 0.5) is 22.7 Å². The Kier molecular flexibility index (Phi) is 7.63. The van der Waals surface area contributed by atoms with Gasteiger partial charge in [-0.1, -0.05) is 0 Å². The van der Waals surface area contributed by atoms with Gasteiger partial charge in [0.1, 0.15) is 0 Å². The lowest BCUT2D eigenvalue weighted by Gasteiger charge is -2.17. The Morgan fingerprint density at radius 2 is 0.458 bits per heavy atom. The third-order valence-corrected chi connectivity index (χ3v) is 7.88. The molecule has 8 bridgehead atoms. The minimum absolute atomic E-state index is 0.443. The molecule has 248 valence electrons. The van der Waals surface area contributed by atoms with Gasteiger partial charge in [0.05, 0.1) is 19.7 Å². The fraction of sp³-hybridized carbons (Fsp3) is 0.143. The molecule has 1 aliphatic carbocycles. The SMILES string of the molecule is O=[N+]([O-])c1c(O)c2cc(c1O)Cc1cc(c(O)c([N+](=O)[O-])c1O)Cc1cc(c(O)c([N+](=O)[O-])c1O)Cc1cc(c(O)c([N+](=O)[O-])c1O)C2. The van der Waals surface area contributed by atoms with Crippen molar-refractivity contribution in [2.24, 2.45) is 0 Å². The van der Waals surface area contributed by atoms with Gasteiger partial charge in [-0.05, 0) is 24.3 Å². The Labute approximate surface area is 264 Å². The van der Waals surface area contributed by atoms with E-state index in [1.807, 2.05) is 0 Å². The molecule has 4 aromatic rings. The Morgan fingerprint density at radius 1 is 0.333 bits per heavy atom. The molecule has 0 aromatic heterocycles. The number of nitrogens with zero attached hydrogens (tertiary/aromatic N) is 4. The van der Waals surface area contributed by atoms with Crippen LogP contribution in [-0.4, -0.2) is 60.5 Å². The molecule has 0 heterocycles. The largest absolute Gasteiger partial charge is 0.502 e. The summed E-state index contributed by atoms with van der Waals surface area (Å²) in [5.41, 5.74) is -8.65. The van der Waals surface area contributed by atoms with Crippen LogP contribution in [0.1, 0.15) is 44.5 Å². The molecule has 4 aromatic carbocycles. The van der Waals surface area contributed by atoms with Gasteiger partial charge in [-0.15, -0.1) is 0 Å². The second-order valence-corrected chi connectivity index (χ2v) is 10.7. The molecule has 0 saturated carbocycles. The van der Waals surface area contributed by atoms with Gasteiger partial charge in [0.15, 0.2) is 0 Å². The molecule has 0 unspecified atom stereocenters. The Morgan fingerprint density at radius 3 is 0.562 bits per heavy atom. The van der Waals surface area contributed by atoms with E-state index in [2.05, 4.69) is 0 Å². The van der Waals surface area contributed by atoms with Crippen LogP contribution < -0.4 is 0 Å². The second kappa shape index (κ2) is 11.3. The van der Waals surface area contributed by atoms with Crippen LogP contribution in [0.3, 0.4) is 0 Å². The van der Waals surface area contributed by atoms with E-state index in [4.69, 9.17) is 0 Å². The lowest BCUT2D eigenvalue weighted by atomic mass is 9.90. The molecular weight excluding hydrogens is 648 g/mol. The van der Waals surface area contributed by atoms with E-state index in [1.54, 1.807) is 0 Å². The molecule has 1 aliphatic rings. The number of rotatable bonds is 4. The van der Waals surface area contributed by atoms with Crippen molar-refractivity contribution in [1.29, 1.82) is 0 Å². The topological polar surface area (TPSA) is 334 Å². The first-order valence-electron chi connectivity index (χ1n) is 13.3. The summed E-state index contributed by atoms with van der Waals surface area (Å²) in [5, 5.41) is 134. The molecule has 20 nitrogen and oxygen atoms in total. The number of nitro benzene ring substituents is 4. The number of phenolic OH excluding ortho intramolecular Hbond substituents is 8. The van der Waals surface area contributed by atoms with Gasteiger partial charge in [-0.25, -0.2) is 0 Å². The first-order valence-corrected chi connectivity index (χ1v) is 13.3. The van der Waals surface area contributed by atoms with Crippen LogP contribution in [0.15, 0.2) is 24.3 Å². The zero-order valence-corrected chi connectivity index (χ0v) is 23.8. The van der Waals surface area contributed by atoms with Crippen LogP contribution in [0.5, 0.6) is 46.0 Å². The predicted octanol–water partition coefficient (Wildman–Crippen LogP) is 3.64. The molecule has 8 N–H and O–H groups in total. The maximum absolute atomic E-state index is 11.9. The molecule has 5 rings (SSSR count). The van der Waals surface area contributed by atoms with E-state index in [9.17, 15) is 81.3 Å². The summed E-state index contributed by atoms with van der Waals surface area (Å²) in [6, 6.07) is 3.79. The van der Waals surface area contributed by atoms with E-state index in [0.29, 0.717) is 0 Å². The van der Waals surface area contributed by atoms with Gasteiger partial charge in [0.25, 0.3) is 0 Å². The highest BCUT2D eigenvalue weighted by Crippen LogP contribution is 2.50. The van der Waals surface area contributed by atoms with Crippen molar-refractivity contribution in [3.63, 3.8) is 0 Å². The summed E-state index contributed by atoms with van der Waals surface area (Å²) in [6.07, 6.45) is -3.06. The van der Waals surface area contributed by atoms with Crippen LogP contribution in [-0.2, 0) is 25.7 Å². The molecular formula is C28H20N4O16. The standard InChI is InChI=1S/C28H20N4O16/c33-21-9-1-10(22(34)17(21)29(41)42)6-12-3-14(26(38)19(24(12)36)31(45)46)8-16-4-15(27(39)20(28(16)40)32(47)48)7-13-2-11(5-9)23(35)18(25(13)37)30(43)44/h1-4,33-40H,5-8H2. The van der Waals surface area contributed by atoms with Crippen LogP contribution in [0.25, 0.3) is 0 Å². The summed E-state index contributed by atoms with van der Waals surface area (Å²) >= 11 is 0. The van der Waals surface area contributed by atoms with Crippen molar-refractivity contribution in [2.75, 3.05) is 0 Å². The lowest BCUT2D eigenvalue weighted by Crippen LogP contribution is -2.05. The molecule has 0 radical (unpaired) electrons. The highest BCUT2D eigenvalue weighted by molar-refractivity contribution is 5.72. The highest BCUT2D eigenvalue weighted by Gasteiger charge is 2.35. The minimum atomic E-state index is -1.28. The third kappa shape index (κ3) is 5.07. The Hall–Kier alpha value is -7.12. The van der Waals surface area contributed by atoms with Crippen LogP contribution >= 0.6 is 0 Å². The van der Waals surface area contributed by atoms with Gasteiger partial charge >= 0.3 is 22.7 Å². The zero-order chi connectivity index (χ0) is 35.5. The summed E-state index contributed by atoms with van der Waals surface area (Å²) < 4.78 is 0. The highest BCUT2D eigenvalue weighted by atomic mass is 16.6. The van der Waals surface area contributed by atoms with E-state index >= 15 is 0 Å². The van der Waals surface area contributed by atoms with Gasteiger partial charge in [-0.2, -0.15) is 0 Å². The molecule has 20 heteroatoms. The summed E-state index contributed by atoms with van der Waals surface area (Å²) in [5.74, 6) is -9.24. The van der Waals surface area contributed by atoms with E-state index < -0.39 is 159 Å². The van der Waals surface area contributed by atoms with Crippen molar-refractivity contribution < 1.29 is 60.5 Å². The number of nitro groups is 4. The second-order valence-electron chi connectivity index (χ2n) is 10.7. The zero-order valence-electron chi connectivity index (χ0n) is 23.8. The van der Waals surface area contributed by atoms with Crippen molar-refractivity contribution in [3.05, 3.63) is 109 Å². The number of benzene rings is 4. The maximum Gasteiger partial charge on any atom is 0.352 e. The number of hydrogen-bond acceptors (Lipinski definition) is 16. The fourth-order valence-electron chi connectivity index (χ4n) is 5.64. The summed E-state index contributed by atoms with van der Waals surface area (Å²) in [6.45, 7) is 0. The minimum Gasteiger partial charge on any atom is -0.502 e. The van der Waals surface area contributed by atoms with Crippen molar-refractivity contribution in [3.8, 4) is 46.0 Å². The molecule has 0 aliphatic heterocycles. The molecule has 48 heavy (non-hydrogen) atoms. The fourth-order valence-corrected chi connectivity index (χ4v) is 5.64. The molecule has 0 spiro atoms. The average Bonchev–Trinajstić information content (AvgIpc) is 2.97. The first kappa shape index (κ1) is 32.3. The van der Waals surface area contributed by atoms with Crippen LogP contribution in [0, 0.1) is 40.5 Å². The number of fused-ring (bicyclic) bond motifs is 8. The summed E-state index contributed by atoms with van der Waals surface area (Å²) in [4.78, 5) is 42.8.